The lowest BCUT2D eigenvalue weighted by Gasteiger charge is -2.19. The van der Waals surface area contributed by atoms with Gasteiger partial charge in [0.25, 0.3) is 5.69 Å². The number of fused-ring (bicyclic) bond motifs is 8. The van der Waals surface area contributed by atoms with Gasteiger partial charge in [-0.1, -0.05) is 18.2 Å². The van der Waals surface area contributed by atoms with Gasteiger partial charge >= 0.3 is 0 Å². The largest absolute Gasteiger partial charge is 0.377 e. The maximum atomic E-state index is 11.6. The van der Waals surface area contributed by atoms with E-state index in [1.165, 1.54) is 0 Å². The normalized spacial score (nSPS) is 16.9. The van der Waals surface area contributed by atoms with Crippen molar-refractivity contribution in [1.29, 1.82) is 0 Å². The fourth-order valence-electron chi connectivity index (χ4n) is 7.61. The second-order valence-electron chi connectivity index (χ2n) is 14.2. The summed E-state index contributed by atoms with van der Waals surface area (Å²) in [7, 11) is 6.22. The summed E-state index contributed by atoms with van der Waals surface area (Å²) >= 11 is 0. The standard InChI is InChI=1S/C44H40N8O2/c1-49-22-16-29(17-23-49)42-35-10-8-33(45-35)41(28-4-6-32(7-5-28)52(53)54)34-9-11-36(46-34)43(30-18-24-50(2)25-19-30)38-13-15-40(48-38)44(39-14-12-37(42)47-39)31-20-26-51(3)27-21-31/h4-22,24,26,45-48H,23,25,27H2,1-3H3. The van der Waals surface area contributed by atoms with Crippen molar-refractivity contribution in [3.05, 3.63) is 204 Å². The molecule has 8 heterocycles. The Labute approximate surface area is 312 Å². The molecule has 9 rings (SSSR count). The molecule has 0 fully saturated rings. The van der Waals surface area contributed by atoms with Crippen LogP contribution in [0.15, 0.2) is 145 Å². The molecule has 0 saturated heterocycles. The highest BCUT2D eigenvalue weighted by Crippen LogP contribution is 2.30. The predicted molar refractivity (Wildman–Crippen MR) is 213 cm³/mol. The smallest absolute Gasteiger partial charge is 0.269 e. The van der Waals surface area contributed by atoms with E-state index in [9.17, 15) is 10.1 Å². The van der Waals surface area contributed by atoms with E-state index >= 15 is 0 Å². The minimum Gasteiger partial charge on any atom is -0.377 e. The van der Waals surface area contributed by atoms with Gasteiger partial charge in [-0.05, 0) is 120 Å². The van der Waals surface area contributed by atoms with Crippen LogP contribution >= 0.6 is 0 Å². The van der Waals surface area contributed by atoms with Gasteiger partial charge in [-0.3, -0.25) is 10.1 Å². The third-order valence-corrected chi connectivity index (χ3v) is 10.5. The highest BCUT2D eigenvalue weighted by molar-refractivity contribution is 5.86. The molecule has 4 N–H and O–H groups in total. The Morgan fingerprint density at radius 1 is 0.481 bits per heavy atom. The van der Waals surface area contributed by atoms with Gasteiger partial charge in [0, 0.05) is 119 Å². The molecule has 4 aliphatic rings. The summed E-state index contributed by atoms with van der Waals surface area (Å²) in [5.41, 5.74) is 12.2. The summed E-state index contributed by atoms with van der Waals surface area (Å²) in [6, 6.07) is 23.9. The lowest BCUT2D eigenvalue weighted by molar-refractivity contribution is -0.384. The molecule has 0 amide bonds. The van der Waals surface area contributed by atoms with Crippen molar-refractivity contribution in [2.45, 2.75) is 0 Å². The molecule has 1 aromatic carbocycles. The molecule has 10 heteroatoms. The Hall–Kier alpha value is -6.94. The molecule has 54 heavy (non-hydrogen) atoms. The summed E-state index contributed by atoms with van der Waals surface area (Å²) in [6.07, 6.45) is 19.6. The lowest BCUT2D eigenvalue weighted by Crippen LogP contribution is -2.21. The van der Waals surface area contributed by atoms with E-state index in [1.807, 2.05) is 12.1 Å². The minimum absolute atomic E-state index is 0.0490. The summed E-state index contributed by atoms with van der Waals surface area (Å²) in [5, 5.41) is 15.5. The summed E-state index contributed by atoms with van der Waals surface area (Å²) in [4.78, 5) is 33.0. The van der Waals surface area contributed by atoms with Crippen LogP contribution < -0.4 is 21.4 Å². The highest BCUT2D eigenvalue weighted by Gasteiger charge is 2.21. The van der Waals surface area contributed by atoms with E-state index in [-0.39, 0.29) is 10.6 Å². The number of non-ortho nitro benzene ring substituents is 1. The van der Waals surface area contributed by atoms with Gasteiger partial charge < -0.3 is 34.6 Å². The van der Waals surface area contributed by atoms with Crippen LogP contribution in [0.3, 0.4) is 0 Å². The number of nitro benzene ring substituents is 1. The molecule has 5 aromatic rings. The van der Waals surface area contributed by atoms with Crippen molar-refractivity contribution in [2.24, 2.45) is 0 Å². The van der Waals surface area contributed by atoms with Crippen molar-refractivity contribution in [2.75, 3.05) is 40.8 Å². The van der Waals surface area contributed by atoms with Crippen molar-refractivity contribution >= 4 is 28.0 Å². The van der Waals surface area contributed by atoms with Crippen molar-refractivity contribution in [3.8, 4) is 0 Å². The number of aromatic nitrogens is 4. The second-order valence-corrected chi connectivity index (χ2v) is 14.2. The number of H-pyrrole nitrogens is 4. The van der Waals surface area contributed by atoms with E-state index in [1.54, 1.807) is 12.1 Å². The van der Waals surface area contributed by atoms with Crippen LogP contribution in [0, 0.1) is 10.1 Å². The Balaban J connectivity index is 1.38. The van der Waals surface area contributed by atoms with Crippen LogP contribution in [0.1, 0.15) is 28.3 Å². The second kappa shape index (κ2) is 13.2. The highest BCUT2D eigenvalue weighted by atomic mass is 16.6. The number of likely N-dealkylation sites (N-methyl/N-ethyl adjacent to an activating group) is 3. The molecule has 4 aliphatic heterocycles. The maximum Gasteiger partial charge on any atom is 0.269 e. The van der Waals surface area contributed by atoms with Crippen LogP contribution in [0.2, 0.25) is 0 Å². The number of nitro groups is 1. The molecule has 0 atom stereocenters. The molecule has 0 radical (unpaired) electrons. The van der Waals surface area contributed by atoms with Crippen LogP contribution in [-0.4, -0.2) is 80.3 Å². The fourth-order valence-corrected chi connectivity index (χ4v) is 7.61. The number of benzene rings is 1. The minimum atomic E-state index is -0.362. The first-order valence-electron chi connectivity index (χ1n) is 18.1. The number of aromatic amines is 4. The number of hydrogen-bond donors (Lipinski definition) is 4. The van der Waals surface area contributed by atoms with E-state index in [2.05, 4.69) is 159 Å². The zero-order valence-electron chi connectivity index (χ0n) is 30.4. The molecule has 0 unspecified atom stereocenters. The lowest BCUT2D eigenvalue weighted by atomic mass is 10.0. The van der Waals surface area contributed by atoms with Gasteiger partial charge in [0.2, 0.25) is 0 Å². The Morgan fingerprint density at radius 2 is 0.833 bits per heavy atom. The molecular weight excluding hydrogens is 673 g/mol. The van der Waals surface area contributed by atoms with Gasteiger partial charge in [0.15, 0.2) is 0 Å². The molecule has 0 aliphatic carbocycles. The average Bonchev–Trinajstić information content (AvgIpc) is 4.02. The van der Waals surface area contributed by atoms with Crippen LogP contribution in [0.5, 0.6) is 0 Å². The number of nitrogens with one attached hydrogen (secondary N) is 4. The number of rotatable bonds is 5. The molecule has 268 valence electrons. The Kier molecular flexibility index (Phi) is 8.07. The quantitative estimate of drug-likeness (QED) is 0.161. The topological polar surface area (TPSA) is 116 Å². The van der Waals surface area contributed by atoms with Crippen LogP contribution in [0.4, 0.5) is 5.69 Å². The van der Waals surface area contributed by atoms with Crippen molar-refractivity contribution < 1.29 is 4.92 Å². The first kappa shape index (κ1) is 32.9. The van der Waals surface area contributed by atoms with Gasteiger partial charge in [-0.15, -0.1) is 0 Å². The predicted octanol–water partition coefficient (Wildman–Crippen LogP) is 4.22. The number of allylic oxidation sites excluding steroid dienone is 6. The third kappa shape index (κ3) is 5.97. The zero-order chi connectivity index (χ0) is 36.9. The summed E-state index contributed by atoms with van der Waals surface area (Å²) in [6.45, 7) is 2.39. The van der Waals surface area contributed by atoms with Crippen molar-refractivity contribution in [3.63, 3.8) is 0 Å². The average molecular weight is 713 g/mol. The van der Waals surface area contributed by atoms with E-state index in [4.69, 9.17) is 0 Å². The maximum absolute atomic E-state index is 11.6. The van der Waals surface area contributed by atoms with Crippen molar-refractivity contribution in [1.82, 2.24) is 34.6 Å². The molecule has 0 spiro atoms. The third-order valence-electron chi connectivity index (χ3n) is 10.5. The van der Waals surface area contributed by atoms with Crippen LogP contribution in [-0.2, 0) is 0 Å². The SMILES string of the molecule is CN1C=CC(C2=c3ccc([nH]3)=C(C3=CCN(C)C=C3)c3ccc([nH]3)C(c3ccc([N+](=O)[O-])cc3)=c3ccc([nH]3)=C(C3=CCN(C)C=C3)c3ccc2[nH]3)=CC1. The van der Waals surface area contributed by atoms with E-state index < -0.39 is 0 Å². The Morgan fingerprint density at radius 3 is 1.17 bits per heavy atom. The number of hydrogen-bond acceptors (Lipinski definition) is 5. The van der Waals surface area contributed by atoms with Crippen LogP contribution in [0.25, 0.3) is 22.3 Å². The monoisotopic (exact) mass is 712 g/mol. The molecule has 8 bridgehead atoms. The fraction of sp³-hybridized carbons (Fsp3) is 0.136. The van der Waals surface area contributed by atoms with Gasteiger partial charge in [0.1, 0.15) is 0 Å². The molecular formula is C44H40N8O2. The summed E-state index contributed by atoms with van der Waals surface area (Å²) < 4.78 is 0. The zero-order valence-corrected chi connectivity index (χ0v) is 30.4. The van der Waals surface area contributed by atoms with E-state index in [0.717, 1.165) is 108 Å². The van der Waals surface area contributed by atoms with Gasteiger partial charge in [-0.2, -0.15) is 0 Å². The molecule has 10 nitrogen and oxygen atoms in total. The van der Waals surface area contributed by atoms with Gasteiger partial charge in [-0.25, -0.2) is 0 Å². The first-order chi connectivity index (χ1) is 26.3. The van der Waals surface area contributed by atoms with E-state index in [0.29, 0.717) is 0 Å². The molecule has 0 saturated carbocycles. The summed E-state index contributed by atoms with van der Waals surface area (Å²) in [5.74, 6) is 0. The first-order valence-corrected chi connectivity index (χ1v) is 18.1. The number of nitrogens with zero attached hydrogens (tertiary/aromatic N) is 4. The van der Waals surface area contributed by atoms with Gasteiger partial charge in [0.05, 0.1) is 4.92 Å². The molecule has 4 aromatic heterocycles. The Bertz CT molecular complexity index is 2770.